The van der Waals surface area contributed by atoms with Crippen molar-refractivity contribution in [2.24, 2.45) is 11.7 Å². The van der Waals surface area contributed by atoms with Crippen LogP contribution in [0.5, 0.6) is 0 Å². The number of rotatable bonds is 7. The van der Waals surface area contributed by atoms with Crippen molar-refractivity contribution in [1.82, 2.24) is 4.90 Å². The molecule has 1 saturated heterocycles. The summed E-state index contributed by atoms with van der Waals surface area (Å²) in [4.78, 5) is 13.8. The van der Waals surface area contributed by atoms with E-state index in [2.05, 4.69) is 0 Å². The number of carbonyl (C=O) groups excluding carboxylic acids is 1. The first kappa shape index (κ1) is 14.5. The molecule has 1 aliphatic heterocycles. The molecule has 4 nitrogen and oxygen atoms in total. The maximum absolute atomic E-state index is 11.9. The van der Waals surface area contributed by atoms with E-state index >= 15 is 0 Å². The minimum atomic E-state index is 0.265. The Morgan fingerprint density at radius 1 is 1.18 bits per heavy atom. The van der Waals surface area contributed by atoms with E-state index in [9.17, 15) is 4.79 Å². The maximum Gasteiger partial charge on any atom is 0.222 e. The highest BCUT2D eigenvalue weighted by Crippen LogP contribution is 2.17. The van der Waals surface area contributed by atoms with Crippen LogP contribution in [0.2, 0.25) is 0 Å². The molecule has 1 amide bonds. The maximum atomic E-state index is 11.9. The van der Waals surface area contributed by atoms with Crippen molar-refractivity contribution in [3.8, 4) is 0 Å². The molecule has 1 rings (SSSR count). The Balaban J connectivity index is 2.08. The van der Waals surface area contributed by atoms with Gasteiger partial charge in [-0.15, -0.1) is 0 Å². The molecule has 0 aliphatic carbocycles. The fourth-order valence-corrected chi connectivity index (χ4v) is 2.30. The summed E-state index contributed by atoms with van der Waals surface area (Å²) in [7, 11) is 0. The van der Waals surface area contributed by atoms with Gasteiger partial charge in [-0.2, -0.15) is 0 Å². The smallest absolute Gasteiger partial charge is 0.222 e. The molecule has 0 radical (unpaired) electrons. The van der Waals surface area contributed by atoms with Crippen molar-refractivity contribution < 1.29 is 9.90 Å². The summed E-state index contributed by atoms with van der Waals surface area (Å²) in [6, 6.07) is 0. The van der Waals surface area contributed by atoms with E-state index in [0.29, 0.717) is 12.3 Å². The zero-order valence-corrected chi connectivity index (χ0v) is 10.7. The van der Waals surface area contributed by atoms with Crippen LogP contribution in [0.3, 0.4) is 0 Å². The van der Waals surface area contributed by atoms with Crippen molar-refractivity contribution in [3.05, 3.63) is 0 Å². The van der Waals surface area contributed by atoms with Crippen LogP contribution in [0.4, 0.5) is 0 Å². The number of aliphatic hydroxyl groups excluding tert-OH is 1. The normalized spacial score (nSPS) is 17.4. The number of nitrogens with zero attached hydrogens (tertiary/aromatic N) is 1. The van der Waals surface area contributed by atoms with Gasteiger partial charge in [-0.3, -0.25) is 4.79 Å². The monoisotopic (exact) mass is 242 g/mol. The molecular weight excluding hydrogens is 216 g/mol. The first-order valence-corrected chi connectivity index (χ1v) is 6.86. The van der Waals surface area contributed by atoms with E-state index in [1.165, 1.54) is 0 Å². The molecule has 4 heteroatoms. The molecule has 0 bridgehead atoms. The van der Waals surface area contributed by atoms with Crippen LogP contribution in [0, 0.1) is 5.92 Å². The van der Waals surface area contributed by atoms with Gasteiger partial charge in [0.15, 0.2) is 0 Å². The number of hydrogen-bond acceptors (Lipinski definition) is 3. The Kier molecular flexibility index (Phi) is 7.21. The third-order valence-electron chi connectivity index (χ3n) is 3.57. The zero-order chi connectivity index (χ0) is 12.5. The van der Waals surface area contributed by atoms with Gasteiger partial charge in [0.25, 0.3) is 0 Å². The van der Waals surface area contributed by atoms with Gasteiger partial charge < -0.3 is 15.7 Å². The molecular formula is C13H26N2O2. The predicted molar refractivity (Wildman–Crippen MR) is 68.5 cm³/mol. The molecule has 0 aromatic heterocycles. The molecule has 0 saturated carbocycles. The second-order valence-corrected chi connectivity index (χ2v) is 4.96. The van der Waals surface area contributed by atoms with Crippen LogP contribution in [0.1, 0.15) is 44.9 Å². The topological polar surface area (TPSA) is 66.6 Å². The molecule has 0 aromatic carbocycles. The summed E-state index contributed by atoms with van der Waals surface area (Å²) in [6.45, 7) is 2.67. The van der Waals surface area contributed by atoms with Gasteiger partial charge in [0, 0.05) is 26.1 Å². The molecule has 0 aromatic rings. The zero-order valence-electron chi connectivity index (χ0n) is 10.7. The second-order valence-electron chi connectivity index (χ2n) is 4.96. The highest BCUT2D eigenvalue weighted by atomic mass is 16.3. The molecule has 0 spiro atoms. The average molecular weight is 242 g/mol. The lowest BCUT2D eigenvalue weighted by Gasteiger charge is -2.31. The highest BCUT2D eigenvalue weighted by molar-refractivity contribution is 5.76. The van der Waals surface area contributed by atoms with Crippen molar-refractivity contribution in [2.45, 2.75) is 44.9 Å². The van der Waals surface area contributed by atoms with Gasteiger partial charge in [-0.1, -0.05) is 12.8 Å². The van der Waals surface area contributed by atoms with Crippen LogP contribution >= 0.6 is 0 Å². The largest absolute Gasteiger partial charge is 0.396 e. The van der Waals surface area contributed by atoms with Gasteiger partial charge in [0.2, 0.25) is 5.91 Å². The van der Waals surface area contributed by atoms with E-state index in [1.54, 1.807) is 0 Å². The average Bonchev–Trinajstić information content (AvgIpc) is 2.38. The van der Waals surface area contributed by atoms with Gasteiger partial charge in [-0.25, -0.2) is 0 Å². The standard InChI is InChI=1S/C13H26N2O2/c14-8-4-2-1-3-5-13(17)15-9-6-12(11-16)7-10-15/h12,16H,1-11,14H2. The summed E-state index contributed by atoms with van der Waals surface area (Å²) < 4.78 is 0. The summed E-state index contributed by atoms with van der Waals surface area (Å²) in [6.07, 6.45) is 6.88. The molecule has 100 valence electrons. The number of carbonyl (C=O) groups is 1. The van der Waals surface area contributed by atoms with Crippen molar-refractivity contribution >= 4 is 5.91 Å². The Labute approximate surface area is 104 Å². The van der Waals surface area contributed by atoms with Crippen molar-refractivity contribution in [1.29, 1.82) is 0 Å². The molecule has 1 fully saturated rings. The minimum Gasteiger partial charge on any atom is -0.396 e. The molecule has 0 unspecified atom stereocenters. The van der Waals surface area contributed by atoms with Gasteiger partial charge in [-0.05, 0) is 38.1 Å². The summed E-state index contributed by atoms with van der Waals surface area (Å²) >= 11 is 0. The predicted octanol–water partition coefficient (Wildman–Crippen LogP) is 1.13. The van der Waals surface area contributed by atoms with E-state index < -0.39 is 0 Å². The number of likely N-dealkylation sites (tertiary alicyclic amines) is 1. The van der Waals surface area contributed by atoms with E-state index in [-0.39, 0.29) is 12.5 Å². The molecule has 1 aliphatic rings. The molecule has 1 heterocycles. The first-order chi connectivity index (χ1) is 8.27. The number of amides is 1. The van der Waals surface area contributed by atoms with Crippen molar-refractivity contribution in [3.63, 3.8) is 0 Å². The third-order valence-corrected chi connectivity index (χ3v) is 3.57. The highest BCUT2D eigenvalue weighted by Gasteiger charge is 2.21. The molecule has 17 heavy (non-hydrogen) atoms. The van der Waals surface area contributed by atoms with E-state index in [4.69, 9.17) is 10.8 Å². The lowest BCUT2D eigenvalue weighted by molar-refractivity contribution is -0.132. The summed E-state index contributed by atoms with van der Waals surface area (Å²) in [5, 5.41) is 9.03. The Hall–Kier alpha value is -0.610. The van der Waals surface area contributed by atoms with Crippen LogP contribution in [0.25, 0.3) is 0 Å². The summed E-state index contributed by atoms with van der Waals surface area (Å²) in [5.74, 6) is 0.692. The fourth-order valence-electron chi connectivity index (χ4n) is 2.30. The van der Waals surface area contributed by atoms with Crippen LogP contribution in [-0.4, -0.2) is 42.2 Å². The van der Waals surface area contributed by atoms with Crippen LogP contribution in [0.15, 0.2) is 0 Å². The van der Waals surface area contributed by atoms with Crippen molar-refractivity contribution in [2.75, 3.05) is 26.2 Å². The lowest BCUT2D eigenvalue weighted by atomic mass is 9.97. The number of aliphatic hydroxyl groups is 1. The first-order valence-electron chi connectivity index (χ1n) is 6.86. The minimum absolute atomic E-state index is 0.265. The SMILES string of the molecule is NCCCCCCC(=O)N1CCC(CO)CC1. The lowest BCUT2D eigenvalue weighted by Crippen LogP contribution is -2.39. The molecule has 0 atom stereocenters. The second kappa shape index (κ2) is 8.48. The van der Waals surface area contributed by atoms with Crippen LogP contribution < -0.4 is 5.73 Å². The van der Waals surface area contributed by atoms with Crippen LogP contribution in [-0.2, 0) is 4.79 Å². The Bertz CT molecular complexity index is 213. The van der Waals surface area contributed by atoms with E-state index in [0.717, 1.165) is 58.2 Å². The number of piperidine rings is 1. The quantitative estimate of drug-likeness (QED) is 0.658. The number of unbranched alkanes of at least 4 members (excludes halogenated alkanes) is 3. The molecule has 3 N–H and O–H groups in total. The number of nitrogens with two attached hydrogens (primary N) is 1. The fraction of sp³-hybridized carbons (Fsp3) is 0.923. The van der Waals surface area contributed by atoms with E-state index in [1.807, 2.05) is 4.90 Å². The van der Waals surface area contributed by atoms with Gasteiger partial charge in [0.1, 0.15) is 0 Å². The number of hydrogen-bond donors (Lipinski definition) is 2. The van der Waals surface area contributed by atoms with Gasteiger partial charge >= 0.3 is 0 Å². The Morgan fingerprint density at radius 3 is 2.41 bits per heavy atom. The third kappa shape index (κ3) is 5.50. The van der Waals surface area contributed by atoms with Gasteiger partial charge in [0.05, 0.1) is 0 Å². The Morgan fingerprint density at radius 2 is 1.82 bits per heavy atom. The summed E-state index contributed by atoms with van der Waals surface area (Å²) in [5.41, 5.74) is 5.42.